The van der Waals surface area contributed by atoms with Crippen molar-refractivity contribution in [2.45, 2.75) is 20.3 Å². The monoisotopic (exact) mass is 171 g/mol. The van der Waals surface area contributed by atoms with Gasteiger partial charge in [0.2, 0.25) is 0 Å². The van der Waals surface area contributed by atoms with Gasteiger partial charge in [0.25, 0.3) is 0 Å². The maximum atomic E-state index is 4.28. The van der Waals surface area contributed by atoms with E-state index >= 15 is 0 Å². The van der Waals surface area contributed by atoms with Crippen LogP contribution in [0, 0.1) is 6.92 Å². The van der Waals surface area contributed by atoms with Crippen LogP contribution in [-0.2, 0) is 6.42 Å². The van der Waals surface area contributed by atoms with Crippen LogP contribution in [0.1, 0.15) is 18.2 Å². The number of benzene rings is 1. The topological polar surface area (TPSA) is 12.9 Å². The summed E-state index contributed by atoms with van der Waals surface area (Å²) in [5, 5.41) is 2.56. The van der Waals surface area contributed by atoms with Crippen molar-refractivity contribution in [3.63, 3.8) is 0 Å². The fourth-order valence-corrected chi connectivity index (χ4v) is 1.58. The first-order valence-corrected chi connectivity index (χ1v) is 4.65. The van der Waals surface area contributed by atoms with Crippen molar-refractivity contribution in [1.29, 1.82) is 0 Å². The average Bonchev–Trinajstić information content (AvgIpc) is 2.18. The molecule has 1 heterocycles. The lowest BCUT2D eigenvalue weighted by atomic mass is 10.1. The highest BCUT2D eigenvalue weighted by Crippen LogP contribution is 2.18. The zero-order chi connectivity index (χ0) is 9.26. The van der Waals surface area contributed by atoms with Crippen LogP contribution in [0.25, 0.3) is 10.8 Å². The van der Waals surface area contributed by atoms with Gasteiger partial charge in [-0.1, -0.05) is 19.1 Å². The summed E-state index contributed by atoms with van der Waals surface area (Å²) in [5.74, 6) is 0. The molecule has 1 aromatic carbocycles. The molecule has 0 bridgehead atoms. The van der Waals surface area contributed by atoms with Crippen molar-refractivity contribution in [2.24, 2.45) is 0 Å². The first kappa shape index (κ1) is 8.24. The summed E-state index contributed by atoms with van der Waals surface area (Å²) in [7, 11) is 0. The number of rotatable bonds is 1. The molecule has 0 N–H and O–H groups in total. The molecule has 0 aliphatic rings. The number of aromatic nitrogens is 1. The van der Waals surface area contributed by atoms with Crippen molar-refractivity contribution in [3.8, 4) is 0 Å². The summed E-state index contributed by atoms with van der Waals surface area (Å²) < 4.78 is 0. The molecular formula is C12H13N. The van der Waals surface area contributed by atoms with Gasteiger partial charge in [-0.15, -0.1) is 0 Å². The largest absolute Gasteiger partial charge is 0.261 e. The van der Waals surface area contributed by atoms with Gasteiger partial charge in [-0.3, -0.25) is 4.98 Å². The summed E-state index contributed by atoms with van der Waals surface area (Å²) in [6, 6.07) is 8.64. The van der Waals surface area contributed by atoms with Crippen molar-refractivity contribution in [1.82, 2.24) is 4.98 Å². The van der Waals surface area contributed by atoms with Crippen LogP contribution in [0.2, 0.25) is 0 Å². The number of pyridine rings is 1. The Hall–Kier alpha value is -1.37. The summed E-state index contributed by atoms with van der Waals surface area (Å²) in [6.07, 6.45) is 2.95. The van der Waals surface area contributed by atoms with Crippen LogP contribution in [0.5, 0.6) is 0 Å². The fourth-order valence-electron chi connectivity index (χ4n) is 1.58. The van der Waals surface area contributed by atoms with Gasteiger partial charge in [0.05, 0.1) is 0 Å². The van der Waals surface area contributed by atoms with Crippen LogP contribution >= 0.6 is 0 Å². The molecule has 0 aliphatic heterocycles. The first-order valence-electron chi connectivity index (χ1n) is 4.65. The molecule has 1 nitrogen and oxygen atoms in total. The minimum absolute atomic E-state index is 1.09. The minimum atomic E-state index is 1.09. The molecule has 0 fully saturated rings. The normalized spacial score (nSPS) is 10.6. The molecule has 0 spiro atoms. The molecule has 1 heteroatoms. The number of nitrogens with zero attached hydrogens (tertiary/aromatic N) is 1. The lowest BCUT2D eigenvalue weighted by Gasteiger charge is -2.02. The van der Waals surface area contributed by atoms with E-state index in [1.54, 1.807) is 0 Å². The Kier molecular flexibility index (Phi) is 2.01. The molecule has 0 saturated heterocycles. The number of fused-ring (bicyclic) bond motifs is 1. The summed E-state index contributed by atoms with van der Waals surface area (Å²) >= 11 is 0. The summed E-state index contributed by atoms with van der Waals surface area (Å²) in [6.45, 7) is 4.23. The number of hydrogen-bond acceptors (Lipinski definition) is 1. The summed E-state index contributed by atoms with van der Waals surface area (Å²) in [4.78, 5) is 4.28. The van der Waals surface area contributed by atoms with E-state index in [0.29, 0.717) is 0 Å². The van der Waals surface area contributed by atoms with Gasteiger partial charge in [0, 0.05) is 17.3 Å². The second-order valence-corrected chi connectivity index (χ2v) is 3.31. The Morgan fingerprint density at radius 2 is 2.08 bits per heavy atom. The second-order valence-electron chi connectivity index (χ2n) is 3.31. The van der Waals surface area contributed by atoms with Gasteiger partial charge in [0.15, 0.2) is 0 Å². The lowest BCUT2D eigenvalue weighted by molar-refractivity contribution is 1.14. The third-order valence-electron chi connectivity index (χ3n) is 2.44. The molecule has 0 radical (unpaired) electrons. The molecular weight excluding hydrogens is 158 g/mol. The Bertz CT molecular complexity index is 432. The Labute approximate surface area is 78.4 Å². The quantitative estimate of drug-likeness (QED) is 0.642. The molecule has 0 aliphatic carbocycles. The van der Waals surface area contributed by atoms with Crippen LogP contribution in [0.4, 0.5) is 0 Å². The van der Waals surface area contributed by atoms with Crippen LogP contribution in [-0.4, -0.2) is 4.98 Å². The Morgan fingerprint density at radius 1 is 1.23 bits per heavy atom. The van der Waals surface area contributed by atoms with E-state index in [-0.39, 0.29) is 0 Å². The van der Waals surface area contributed by atoms with Gasteiger partial charge in [-0.25, -0.2) is 0 Å². The van der Waals surface area contributed by atoms with Gasteiger partial charge < -0.3 is 0 Å². The van der Waals surface area contributed by atoms with Crippen LogP contribution in [0.3, 0.4) is 0 Å². The highest BCUT2D eigenvalue weighted by Gasteiger charge is 1.97. The predicted octanol–water partition coefficient (Wildman–Crippen LogP) is 3.11. The zero-order valence-electron chi connectivity index (χ0n) is 8.04. The Morgan fingerprint density at radius 3 is 2.85 bits per heavy atom. The molecule has 0 atom stereocenters. The van der Waals surface area contributed by atoms with E-state index in [4.69, 9.17) is 0 Å². The summed E-state index contributed by atoms with van der Waals surface area (Å²) in [5.41, 5.74) is 2.50. The standard InChI is InChI=1S/C12H13N/c1-3-10-4-5-11-6-7-13-9(2)12(11)8-10/h4-8H,3H2,1-2H3. The van der Waals surface area contributed by atoms with Gasteiger partial charge in [-0.05, 0) is 36.4 Å². The van der Waals surface area contributed by atoms with E-state index in [1.165, 1.54) is 16.3 Å². The molecule has 1 aromatic heterocycles. The van der Waals surface area contributed by atoms with Crippen LogP contribution in [0.15, 0.2) is 30.5 Å². The molecule has 0 saturated carbocycles. The highest BCUT2D eigenvalue weighted by molar-refractivity contribution is 5.84. The van der Waals surface area contributed by atoms with Crippen molar-refractivity contribution in [2.75, 3.05) is 0 Å². The molecule has 66 valence electrons. The van der Waals surface area contributed by atoms with E-state index in [2.05, 4.69) is 43.1 Å². The Balaban J connectivity index is 2.74. The van der Waals surface area contributed by atoms with E-state index in [0.717, 1.165) is 12.1 Å². The first-order chi connectivity index (χ1) is 6.31. The fraction of sp³-hybridized carbons (Fsp3) is 0.250. The zero-order valence-corrected chi connectivity index (χ0v) is 8.04. The predicted molar refractivity (Wildman–Crippen MR) is 55.9 cm³/mol. The van der Waals surface area contributed by atoms with E-state index < -0.39 is 0 Å². The van der Waals surface area contributed by atoms with Crippen molar-refractivity contribution in [3.05, 3.63) is 41.7 Å². The molecule has 13 heavy (non-hydrogen) atoms. The number of hydrogen-bond donors (Lipinski definition) is 0. The molecule has 0 amide bonds. The molecule has 0 unspecified atom stereocenters. The third-order valence-corrected chi connectivity index (χ3v) is 2.44. The second kappa shape index (κ2) is 3.17. The molecule has 2 aromatic rings. The van der Waals surface area contributed by atoms with Gasteiger partial charge in [-0.2, -0.15) is 0 Å². The van der Waals surface area contributed by atoms with Gasteiger partial charge in [0.1, 0.15) is 0 Å². The SMILES string of the molecule is CCc1ccc2ccnc(C)c2c1. The third kappa shape index (κ3) is 1.42. The van der Waals surface area contributed by atoms with Crippen molar-refractivity contribution >= 4 is 10.8 Å². The lowest BCUT2D eigenvalue weighted by Crippen LogP contribution is -1.85. The maximum Gasteiger partial charge on any atom is 0.0451 e. The van der Waals surface area contributed by atoms with Gasteiger partial charge >= 0.3 is 0 Å². The van der Waals surface area contributed by atoms with Crippen molar-refractivity contribution < 1.29 is 0 Å². The maximum absolute atomic E-state index is 4.28. The smallest absolute Gasteiger partial charge is 0.0451 e. The van der Waals surface area contributed by atoms with E-state index in [1.807, 2.05) is 6.20 Å². The average molecular weight is 171 g/mol. The minimum Gasteiger partial charge on any atom is -0.261 e. The van der Waals surface area contributed by atoms with E-state index in [9.17, 15) is 0 Å². The number of aryl methyl sites for hydroxylation is 2. The van der Waals surface area contributed by atoms with Crippen LogP contribution < -0.4 is 0 Å². The molecule has 2 rings (SSSR count). The highest BCUT2D eigenvalue weighted by atomic mass is 14.7.